The molecule has 1 nitrogen and oxygen atoms in total. The molecule has 1 aromatic carbocycles. The second-order valence-electron chi connectivity index (χ2n) is 2.76. The van der Waals surface area contributed by atoms with Crippen LogP contribution in [-0.2, 0) is 0 Å². The van der Waals surface area contributed by atoms with Gasteiger partial charge in [0, 0.05) is 16.3 Å². The fraction of sp³-hybridized carbons (Fsp3) is 0.273. The van der Waals surface area contributed by atoms with Gasteiger partial charge >= 0.3 is 0 Å². The highest BCUT2D eigenvalue weighted by Crippen LogP contribution is 2.15. The van der Waals surface area contributed by atoms with Gasteiger partial charge in [-0.2, -0.15) is 0 Å². The summed E-state index contributed by atoms with van der Waals surface area (Å²) in [7, 11) is 2.05. The van der Waals surface area contributed by atoms with Gasteiger partial charge in [0.25, 0.3) is 0 Å². The van der Waals surface area contributed by atoms with E-state index in [9.17, 15) is 0 Å². The highest BCUT2D eigenvalue weighted by molar-refractivity contribution is 14.1. The Bertz CT molecular complexity index is 335. The SMILES string of the molecule is CC#CCN(C)c1cccc(I)c1. The smallest absolute Gasteiger partial charge is 0.0791 e. The van der Waals surface area contributed by atoms with Gasteiger partial charge in [0.05, 0.1) is 6.54 Å². The molecule has 0 aliphatic rings. The van der Waals surface area contributed by atoms with E-state index in [0.29, 0.717) is 0 Å². The van der Waals surface area contributed by atoms with Crippen molar-refractivity contribution in [1.82, 2.24) is 0 Å². The van der Waals surface area contributed by atoms with Gasteiger partial charge in [0.2, 0.25) is 0 Å². The van der Waals surface area contributed by atoms with E-state index in [-0.39, 0.29) is 0 Å². The van der Waals surface area contributed by atoms with Crippen LogP contribution >= 0.6 is 22.6 Å². The molecule has 0 amide bonds. The van der Waals surface area contributed by atoms with E-state index >= 15 is 0 Å². The van der Waals surface area contributed by atoms with E-state index in [2.05, 4.69) is 70.6 Å². The van der Waals surface area contributed by atoms with Gasteiger partial charge in [-0.15, -0.1) is 5.92 Å². The summed E-state index contributed by atoms with van der Waals surface area (Å²) in [5.41, 5.74) is 1.22. The molecule has 0 aliphatic heterocycles. The van der Waals surface area contributed by atoms with Gasteiger partial charge in [0.1, 0.15) is 0 Å². The third-order valence-corrected chi connectivity index (χ3v) is 2.41. The van der Waals surface area contributed by atoms with Gasteiger partial charge in [-0.25, -0.2) is 0 Å². The summed E-state index contributed by atoms with van der Waals surface area (Å²) in [4.78, 5) is 2.14. The Balaban J connectivity index is 2.74. The molecule has 0 saturated heterocycles. The highest BCUT2D eigenvalue weighted by Gasteiger charge is 1.97. The van der Waals surface area contributed by atoms with Crippen LogP contribution in [0.15, 0.2) is 24.3 Å². The number of benzene rings is 1. The molecule has 0 spiro atoms. The van der Waals surface area contributed by atoms with Crippen molar-refractivity contribution in [2.24, 2.45) is 0 Å². The maximum Gasteiger partial charge on any atom is 0.0791 e. The van der Waals surface area contributed by atoms with Crippen LogP contribution in [0, 0.1) is 15.4 Å². The third-order valence-electron chi connectivity index (χ3n) is 1.74. The standard InChI is InChI=1S/C11H12IN/c1-3-4-8-13(2)11-7-5-6-10(12)9-11/h5-7,9H,8H2,1-2H3. The van der Waals surface area contributed by atoms with E-state index in [0.717, 1.165) is 6.54 Å². The zero-order valence-electron chi connectivity index (χ0n) is 7.84. The molecule has 1 aromatic rings. The number of hydrogen-bond donors (Lipinski definition) is 0. The van der Waals surface area contributed by atoms with Crippen LogP contribution in [0.25, 0.3) is 0 Å². The number of halogens is 1. The highest BCUT2D eigenvalue weighted by atomic mass is 127. The molecule has 0 unspecified atom stereocenters. The largest absolute Gasteiger partial charge is 0.363 e. The predicted molar refractivity (Wildman–Crippen MR) is 65.9 cm³/mol. The maximum atomic E-state index is 3.04. The summed E-state index contributed by atoms with van der Waals surface area (Å²) in [6.45, 7) is 2.65. The van der Waals surface area contributed by atoms with Crippen molar-refractivity contribution in [1.29, 1.82) is 0 Å². The first kappa shape index (κ1) is 10.4. The molecule has 1 rings (SSSR count). The Morgan fingerprint density at radius 3 is 2.85 bits per heavy atom. The quantitative estimate of drug-likeness (QED) is 0.596. The van der Waals surface area contributed by atoms with E-state index in [1.807, 2.05) is 6.92 Å². The van der Waals surface area contributed by atoms with E-state index < -0.39 is 0 Å². The molecule has 0 radical (unpaired) electrons. The lowest BCUT2D eigenvalue weighted by molar-refractivity contribution is 1.05. The molecule has 0 aromatic heterocycles. The normalized spacial score (nSPS) is 8.85. The fourth-order valence-electron chi connectivity index (χ4n) is 1.00. The average molecular weight is 285 g/mol. The Hall–Kier alpha value is -0.690. The van der Waals surface area contributed by atoms with Crippen molar-refractivity contribution in [2.45, 2.75) is 6.92 Å². The van der Waals surface area contributed by atoms with Crippen molar-refractivity contribution in [3.05, 3.63) is 27.8 Å². The first-order valence-corrected chi connectivity index (χ1v) is 5.18. The summed E-state index contributed by atoms with van der Waals surface area (Å²) in [5, 5.41) is 0. The van der Waals surface area contributed by atoms with Crippen molar-refractivity contribution >= 4 is 28.3 Å². The molecule has 0 heterocycles. The van der Waals surface area contributed by atoms with E-state index in [1.54, 1.807) is 0 Å². The van der Waals surface area contributed by atoms with Crippen LogP contribution in [-0.4, -0.2) is 13.6 Å². The number of anilines is 1. The zero-order valence-corrected chi connectivity index (χ0v) is 10.00. The van der Waals surface area contributed by atoms with Gasteiger partial charge in [-0.3, -0.25) is 0 Å². The maximum absolute atomic E-state index is 3.04. The lowest BCUT2D eigenvalue weighted by Gasteiger charge is -2.15. The molecule has 68 valence electrons. The summed E-state index contributed by atoms with van der Waals surface area (Å²) >= 11 is 2.31. The molecule has 0 aliphatic carbocycles. The monoisotopic (exact) mass is 285 g/mol. The van der Waals surface area contributed by atoms with E-state index in [4.69, 9.17) is 0 Å². The lowest BCUT2D eigenvalue weighted by Crippen LogP contribution is -2.16. The number of nitrogens with zero attached hydrogens (tertiary/aromatic N) is 1. The molecule has 0 atom stereocenters. The van der Waals surface area contributed by atoms with Crippen LogP contribution in [0.5, 0.6) is 0 Å². The van der Waals surface area contributed by atoms with Crippen LogP contribution in [0.2, 0.25) is 0 Å². The van der Waals surface area contributed by atoms with E-state index in [1.165, 1.54) is 9.26 Å². The summed E-state index contributed by atoms with van der Waals surface area (Å²) < 4.78 is 1.26. The van der Waals surface area contributed by atoms with Crippen LogP contribution in [0.1, 0.15) is 6.92 Å². The summed E-state index contributed by atoms with van der Waals surface area (Å²) in [6.07, 6.45) is 0. The second-order valence-corrected chi connectivity index (χ2v) is 4.01. The molecular weight excluding hydrogens is 273 g/mol. The number of rotatable bonds is 2. The fourth-order valence-corrected chi connectivity index (χ4v) is 1.53. The Kier molecular flexibility index (Phi) is 4.10. The van der Waals surface area contributed by atoms with Crippen LogP contribution < -0.4 is 4.90 Å². The first-order chi connectivity index (χ1) is 6.24. The molecule has 0 saturated carbocycles. The minimum atomic E-state index is 0.788. The molecule has 13 heavy (non-hydrogen) atoms. The van der Waals surface area contributed by atoms with Crippen molar-refractivity contribution in [3.8, 4) is 11.8 Å². The van der Waals surface area contributed by atoms with Crippen molar-refractivity contribution in [2.75, 3.05) is 18.5 Å². The Labute approximate surface area is 93.3 Å². The minimum absolute atomic E-state index is 0.788. The summed E-state index contributed by atoms with van der Waals surface area (Å²) in [5.74, 6) is 5.93. The van der Waals surface area contributed by atoms with Gasteiger partial charge in [0.15, 0.2) is 0 Å². The van der Waals surface area contributed by atoms with Crippen molar-refractivity contribution < 1.29 is 0 Å². The minimum Gasteiger partial charge on any atom is -0.363 e. The van der Waals surface area contributed by atoms with Gasteiger partial charge in [-0.1, -0.05) is 12.0 Å². The lowest BCUT2D eigenvalue weighted by atomic mass is 10.3. The second kappa shape index (κ2) is 5.13. The summed E-state index contributed by atoms with van der Waals surface area (Å²) in [6, 6.07) is 8.40. The zero-order chi connectivity index (χ0) is 9.68. The molecule has 0 fully saturated rings. The molecule has 0 bridgehead atoms. The topological polar surface area (TPSA) is 3.24 Å². The molecular formula is C11H12IN. The van der Waals surface area contributed by atoms with Gasteiger partial charge in [-0.05, 0) is 47.7 Å². The Morgan fingerprint density at radius 2 is 2.23 bits per heavy atom. The molecule has 2 heteroatoms. The Morgan fingerprint density at radius 1 is 1.46 bits per heavy atom. The van der Waals surface area contributed by atoms with Crippen LogP contribution in [0.4, 0.5) is 5.69 Å². The average Bonchev–Trinajstić information content (AvgIpc) is 2.14. The van der Waals surface area contributed by atoms with Crippen molar-refractivity contribution in [3.63, 3.8) is 0 Å². The predicted octanol–water partition coefficient (Wildman–Crippen LogP) is 2.75. The third kappa shape index (κ3) is 3.27. The van der Waals surface area contributed by atoms with Crippen LogP contribution in [0.3, 0.4) is 0 Å². The first-order valence-electron chi connectivity index (χ1n) is 4.10. The number of hydrogen-bond acceptors (Lipinski definition) is 1. The van der Waals surface area contributed by atoms with Gasteiger partial charge < -0.3 is 4.90 Å². The molecule has 0 N–H and O–H groups in total.